The third-order valence-corrected chi connectivity index (χ3v) is 3.82. The highest BCUT2D eigenvalue weighted by molar-refractivity contribution is 7.11. The van der Waals surface area contributed by atoms with Crippen LogP contribution < -0.4 is 5.32 Å². The molecule has 0 spiro atoms. The maximum Gasteiger partial charge on any atom is 0.269 e. The monoisotopic (exact) mass is 285 g/mol. The van der Waals surface area contributed by atoms with Gasteiger partial charge in [0.15, 0.2) is 0 Å². The van der Waals surface area contributed by atoms with Gasteiger partial charge in [-0.15, -0.1) is 0 Å². The lowest BCUT2D eigenvalue weighted by Gasteiger charge is -2.04. The van der Waals surface area contributed by atoms with E-state index in [9.17, 15) is 10.1 Å². The summed E-state index contributed by atoms with van der Waals surface area (Å²) in [6.45, 7) is 0.615. The summed E-state index contributed by atoms with van der Waals surface area (Å²) in [4.78, 5) is 10.2. The molecule has 2 aromatic carbocycles. The van der Waals surface area contributed by atoms with Crippen LogP contribution in [0.4, 0.5) is 10.7 Å². The number of benzene rings is 2. The molecular formula is C14H11N3O2S. The summed E-state index contributed by atoms with van der Waals surface area (Å²) < 4.78 is 4.36. The molecule has 0 aliphatic heterocycles. The molecule has 0 radical (unpaired) electrons. The Morgan fingerprint density at radius 2 is 1.90 bits per heavy atom. The zero-order valence-corrected chi connectivity index (χ0v) is 11.3. The first kappa shape index (κ1) is 12.6. The average molecular weight is 285 g/mol. The van der Waals surface area contributed by atoms with Gasteiger partial charge in [0.25, 0.3) is 5.69 Å². The fourth-order valence-electron chi connectivity index (χ4n) is 1.93. The molecule has 0 atom stereocenters. The molecule has 3 aromatic rings. The van der Waals surface area contributed by atoms with Crippen LogP contribution in [0.5, 0.6) is 0 Å². The third kappa shape index (κ3) is 2.46. The van der Waals surface area contributed by atoms with Crippen molar-refractivity contribution in [1.29, 1.82) is 0 Å². The van der Waals surface area contributed by atoms with Gasteiger partial charge in [0.1, 0.15) is 5.00 Å². The summed E-state index contributed by atoms with van der Waals surface area (Å²) in [5.41, 5.74) is 2.08. The fraction of sp³-hybridized carbons (Fsp3) is 0.0714. The van der Waals surface area contributed by atoms with Crippen LogP contribution in [0, 0.1) is 10.1 Å². The molecule has 5 nitrogen and oxygen atoms in total. The molecule has 0 aliphatic rings. The molecule has 6 heteroatoms. The minimum Gasteiger partial charge on any atom is -0.371 e. The van der Waals surface area contributed by atoms with Crippen molar-refractivity contribution in [2.75, 3.05) is 5.32 Å². The van der Waals surface area contributed by atoms with Gasteiger partial charge in [0.05, 0.1) is 10.4 Å². The predicted octanol–water partition coefficient (Wildman–Crippen LogP) is 3.82. The number of hydrogen-bond acceptors (Lipinski definition) is 5. The van der Waals surface area contributed by atoms with Gasteiger partial charge >= 0.3 is 0 Å². The molecule has 20 heavy (non-hydrogen) atoms. The molecule has 0 saturated heterocycles. The van der Waals surface area contributed by atoms with E-state index in [-0.39, 0.29) is 5.69 Å². The number of nitrogens with zero attached hydrogens (tertiary/aromatic N) is 2. The fourth-order valence-corrected chi connectivity index (χ4v) is 2.69. The molecule has 0 aliphatic carbocycles. The second-order valence-electron chi connectivity index (χ2n) is 4.31. The lowest BCUT2D eigenvalue weighted by molar-refractivity contribution is -0.384. The summed E-state index contributed by atoms with van der Waals surface area (Å²) in [6.07, 6.45) is 0. The second-order valence-corrected chi connectivity index (χ2v) is 5.08. The van der Waals surface area contributed by atoms with E-state index in [4.69, 9.17) is 0 Å². The zero-order valence-electron chi connectivity index (χ0n) is 10.4. The first-order chi connectivity index (χ1) is 9.74. The summed E-state index contributed by atoms with van der Waals surface area (Å²) in [5.74, 6) is 0. The summed E-state index contributed by atoms with van der Waals surface area (Å²) in [5, 5.41) is 16.0. The molecule has 1 N–H and O–H groups in total. The van der Waals surface area contributed by atoms with Crippen molar-refractivity contribution < 1.29 is 4.92 Å². The third-order valence-electron chi connectivity index (χ3n) is 2.98. The lowest BCUT2D eigenvalue weighted by atomic mass is 10.2. The second kappa shape index (κ2) is 5.26. The number of aromatic nitrogens is 1. The van der Waals surface area contributed by atoms with Gasteiger partial charge in [-0.05, 0) is 29.2 Å². The van der Waals surface area contributed by atoms with Gasteiger partial charge in [-0.3, -0.25) is 10.1 Å². The van der Waals surface area contributed by atoms with Crippen LogP contribution in [-0.4, -0.2) is 9.30 Å². The van der Waals surface area contributed by atoms with Crippen LogP contribution in [0.25, 0.3) is 10.9 Å². The first-order valence-corrected chi connectivity index (χ1v) is 6.83. The van der Waals surface area contributed by atoms with Crippen molar-refractivity contribution in [2.45, 2.75) is 6.54 Å². The standard InChI is InChI=1S/C14H11N3O2S/c18-17(19)11-7-5-10(6-8-11)9-15-14-12-3-1-2-4-13(12)16-20-14/h1-8,15H,9H2. The number of hydrogen-bond donors (Lipinski definition) is 1. The van der Waals surface area contributed by atoms with Crippen molar-refractivity contribution in [3.8, 4) is 0 Å². The molecule has 0 bridgehead atoms. The van der Waals surface area contributed by atoms with E-state index in [1.165, 1.54) is 23.7 Å². The van der Waals surface area contributed by atoms with E-state index in [1.807, 2.05) is 24.3 Å². The van der Waals surface area contributed by atoms with Crippen LogP contribution in [-0.2, 0) is 6.54 Å². The van der Waals surface area contributed by atoms with Gasteiger partial charge in [-0.2, -0.15) is 4.37 Å². The van der Waals surface area contributed by atoms with Crippen molar-refractivity contribution >= 4 is 33.1 Å². The Hall–Kier alpha value is -2.47. The van der Waals surface area contributed by atoms with E-state index >= 15 is 0 Å². The smallest absolute Gasteiger partial charge is 0.269 e. The molecule has 0 saturated carbocycles. The van der Waals surface area contributed by atoms with E-state index in [0.29, 0.717) is 6.54 Å². The van der Waals surface area contributed by atoms with Crippen LogP contribution in [0.15, 0.2) is 48.5 Å². The summed E-state index contributed by atoms with van der Waals surface area (Å²) in [7, 11) is 0. The largest absolute Gasteiger partial charge is 0.371 e. The SMILES string of the molecule is O=[N+]([O-])c1ccc(CNc2snc3ccccc23)cc1. The minimum absolute atomic E-state index is 0.108. The quantitative estimate of drug-likeness (QED) is 0.584. The molecule has 1 heterocycles. The van der Waals surface area contributed by atoms with Crippen LogP contribution >= 0.6 is 11.5 Å². The van der Waals surface area contributed by atoms with Gasteiger partial charge in [0, 0.05) is 24.1 Å². The molecule has 0 unspecified atom stereocenters. The van der Waals surface area contributed by atoms with Gasteiger partial charge in [-0.1, -0.05) is 24.3 Å². The maximum atomic E-state index is 10.6. The number of nitro benzene ring substituents is 1. The minimum atomic E-state index is -0.395. The van der Waals surface area contributed by atoms with Crippen LogP contribution in [0.3, 0.4) is 0 Å². The molecule has 3 rings (SSSR count). The number of nitrogens with one attached hydrogen (secondary N) is 1. The Morgan fingerprint density at radius 3 is 2.65 bits per heavy atom. The number of anilines is 1. The summed E-state index contributed by atoms with van der Waals surface area (Å²) >= 11 is 1.42. The molecule has 0 fully saturated rings. The highest BCUT2D eigenvalue weighted by Gasteiger charge is 2.06. The Labute approximate surface area is 119 Å². The Kier molecular flexibility index (Phi) is 3.30. The zero-order chi connectivity index (χ0) is 13.9. The normalized spacial score (nSPS) is 10.6. The lowest BCUT2D eigenvalue weighted by Crippen LogP contribution is -1.98. The molecule has 0 amide bonds. The van der Waals surface area contributed by atoms with Crippen LogP contribution in [0.2, 0.25) is 0 Å². The number of fused-ring (bicyclic) bond motifs is 1. The van der Waals surface area contributed by atoms with E-state index in [0.717, 1.165) is 21.5 Å². The van der Waals surface area contributed by atoms with E-state index in [2.05, 4.69) is 9.69 Å². The highest BCUT2D eigenvalue weighted by atomic mass is 32.1. The van der Waals surface area contributed by atoms with Crippen molar-refractivity contribution in [2.24, 2.45) is 0 Å². The molecular weight excluding hydrogens is 274 g/mol. The molecule has 1 aromatic heterocycles. The van der Waals surface area contributed by atoms with Gasteiger partial charge < -0.3 is 5.32 Å². The van der Waals surface area contributed by atoms with Gasteiger partial charge in [0.2, 0.25) is 0 Å². The maximum absolute atomic E-state index is 10.6. The van der Waals surface area contributed by atoms with Crippen molar-refractivity contribution in [1.82, 2.24) is 4.37 Å². The first-order valence-electron chi connectivity index (χ1n) is 6.05. The highest BCUT2D eigenvalue weighted by Crippen LogP contribution is 2.27. The Morgan fingerprint density at radius 1 is 1.15 bits per heavy atom. The number of rotatable bonds is 4. The molecule has 100 valence electrons. The van der Waals surface area contributed by atoms with E-state index in [1.54, 1.807) is 12.1 Å². The Bertz CT molecular complexity index is 752. The van der Waals surface area contributed by atoms with Crippen LogP contribution in [0.1, 0.15) is 5.56 Å². The Balaban J connectivity index is 1.74. The van der Waals surface area contributed by atoms with Crippen molar-refractivity contribution in [3.63, 3.8) is 0 Å². The predicted molar refractivity (Wildman–Crippen MR) is 80.0 cm³/mol. The van der Waals surface area contributed by atoms with Crippen molar-refractivity contribution in [3.05, 3.63) is 64.2 Å². The topological polar surface area (TPSA) is 68.1 Å². The number of non-ortho nitro benzene ring substituents is 1. The van der Waals surface area contributed by atoms with E-state index < -0.39 is 4.92 Å². The average Bonchev–Trinajstić information content (AvgIpc) is 2.89. The number of nitro groups is 1. The van der Waals surface area contributed by atoms with Gasteiger partial charge in [-0.25, -0.2) is 0 Å². The summed E-state index contributed by atoms with van der Waals surface area (Å²) in [6, 6.07) is 14.5.